The first-order valence-corrected chi connectivity index (χ1v) is 13.5. The molecule has 1 N–H and O–H groups in total. The van der Waals surface area contributed by atoms with Gasteiger partial charge in [0.2, 0.25) is 6.79 Å². The van der Waals surface area contributed by atoms with Gasteiger partial charge in [0.1, 0.15) is 18.1 Å². The number of hydrogen-bond acceptors (Lipinski definition) is 10. The summed E-state index contributed by atoms with van der Waals surface area (Å²) in [5.74, 6) is 0.720. The van der Waals surface area contributed by atoms with E-state index in [0.29, 0.717) is 23.0 Å². The first-order chi connectivity index (χ1) is 19.4. The van der Waals surface area contributed by atoms with Crippen LogP contribution in [0.3, 0.4) is 0 Å². The van der Waals surface area contributed by atoms with Crippen molar-refractivity contribution in [3.63, 3.8) is 0 Å². The SMILES string of the molecule is COC1=CC23CCCN2CCc2cc4c(cc2[C@@H]3C1OC(=O)[C@H](O)CC(=O)OCc1ccc(OC)cc1)OCO4. The number of carbonyl (C=O) groups excluding carboxylic acids is 2. The van der Waals surface area contributed by atoms with Gasteiger partial charge in [0, 0.05) is 6.54 Å². The summed E-state index contributed by atoms with van der Waals surface area (Å²) in [7, 11) is 3.13. The number of esters is 2. The molecule has 6 rings (SSSR count). The Balaban J connectivity index is 1.19. The quantitative estimate of drug-likeness (QED) is 0.492. The number of ether oxygens (including phenoxy) is 6. The van der Waals surface area contributed by atoms with Crippen LogP contribution in [-0.4, -0.2) is 73.8 Å². The van der Waals surface area contributed by atoms with Gasteiger partial charge < -0.3 is 33.5 Å². The number of nitrogens with zero attached hydrogens (tertiary/aromatic N) is 1. The normalized spacial score (nSPS) is 25.1. The fourth-order valence-electron chi connectivity index (χ4n) is 6.48. The minimum absolute atomic E-state index is 0.0110. The van der Waals surface area contributed by atoms with E-state index in [9.17, 15) is 14.7 Å². The van der Waals surface area contributed by atoms with E-state index in [2.05, 4.69) is 11.0 Å². The van der Waals surface area contributed by atoms with Crippen LogP contribution >= 0.6 is 0 Å². The van der Waals surface area contributed by atoms with Crippen LogP contribution < -0.4 is 14.2 Å². The van der Waals surface area contributed by atoms with Crippen LogP contribution in [0.25, 0.3) is 0 Å². The fraction of sp³-hybridized carbons (Fsp3) is 0.467. The smallest absolute Gasteiger partial charge is 0.336 e. The van der Waals surface area contributed by atoms with Crippen molar-refractivity contribution >= 4 is 11.9 Å². The van der Waals surface area contributed by atoms with Crippen molar-refractivity contribution in [3.05, 3.63) is 64.9 Å². The molecule has 1 saturated heterocycles. The lowest BCUT2D eigenvalue weighted by Gasteiger charge is -2.39. The number of benzene rings is 2. The second-order valence-corrected chi connectivity index (χ2v) is 10.6. The van der Waals surface area contributed by atoms with Crippen LogP contribution in [0, 0.1) is 0 Å². The van der Waals surface area contributed by atoms with E-state index in [-0.39, 0.29) is 19.3 Å². The molecule has 4 aliphatic rings. The van der Waals surface area contributed by atoms with Crippen molar-refractivity contribution in [1.29, 1.82) is 0 Å². The molecule has 4 atom stereocenters. The largest absolute Gasteiger partial charge is 0.497 e. The van der Waals surface area contributed by atoms with Crippen molar-refractivity contribution in [2.45, 2.75) is 56.0 Å². The first-order valence-electron chi connectivity index (χ1n) is 13.5. The molecule has 0 bridgehead atoms. The van der Waals surface area contributed by atoms with Crippen molar-refractivity contribution in [2.75, 3.05) is 34.1 Å². The molecule has 3 aliphatic heterocycles. The third-order valence-electron chi connectivity index (χ3n) is 8.40. The first kappa shape index (κ1) is 26.5. The zero-order valence-corrected chi connectivity index (χ0v) is 22.6. The molecule has 0 amide bonds. The average molecular weight is 552 g/mol. The molecule has 40 heavy (non-hydrogen) atoms. The number of aliphatic hydroxyl groups is 1. The third kappa shape index (κ3) is 4.65. The molecule has 10 nitrogen and oxygen atoms in total. The molecule has 1 spiro atoms. The van der Waals surface area contributed by atoms with Gasteiger partial charge in [-0.2, -0.15) is 0 Å². The number of hydrogen-bond donors (Lipinski definition) is 1. The summed E-state index contributed by atoms with van der Waals surface area (Å²) in [5, 5.41) is 10.6. The summed E-state index contributed by atoms with van der Waals surface area (Å²) in [6.45, 7) is 1.95. The maximum atomic E-state index is 13.2. The molecule has 2 aromatic rings. The Morgan fingerprint density at radius 1 is 1.10 bits per heavy atom. The van der Waals surface area contributed by atoms with Crippen molar-refractivity contribution in [3.8, 4) is 17.2 Å². The van der Waals surface area contributed by atoms with Crippen LogP contribution in [0.2, 0.25) is 0 Å². The summed E-state index contributed by atoms with van der Waals surface area (Å²) in [5.41, 5.74) is 2.49. The molecule has 0 aromatic heterocycles. The standard InChI is InChI=1S/C30H33NO9/c1-35-20-6-4-18(5-7-20)16-37-26(33)14-22(32)29(34)40-28-25(36-2)15-30-9-3-10-31(30)11-8-19-12-23-24(39-17-38-23)13-21(19)27(28)30/h4-7,12-13,15,22,27-28,32H,3,8-11,14,16-17H2,1-2H3/t22-,27-,28?,30?/m1/s1. The van der Waals surface area contributed by atoms with E-state index in [1.165, 1.54) is 0 Å². The topological polar surface area (TPSA) is 113 Å². The summed E-state index contributed by atoms with van der Waals surface area (Å²) in [6, 6.07) is 11.1. The highest BCUT2D eigenvalue weighted by molar-refractivity contribution is 5.82. The Morgan fingerprint density at radius 3 is 2.62 bits per heavy atom. The fourth-order valence-corrected chi connectivity index (χ4v) is 6.48. The predicted octanol–water partition coefficient (Wildman–Crippen LogP) is 2.85. The van der Waals surface area contributed by atoms with Gasteiger partial charge in [0.15, 0.2) is 23.7 Å². The summed E-state index contributed by atoms with van der Waals surface area (Å²) in [6.07, 6.45) is 1.81. The summed E-state index contributed by atoms with van der Waals surface area (Å²) < 4.78 is 33.4. The van der Waals surface area contributed by atoms with Crippen molar-refractivity contribution in [2.24, 2.45) is 0 Å². The number of fused-ring (bicyclic) bond motifs is 3. The highest BCUT2D eigenvalue weighted by atomic mass is 16.7. The second-order valence-electron chi connectivity index (χ2n) is 10.6. The molecule has 2 unspecified atom stereocenters. The van der Waals surface area contributed by atoms with Gasteiger partial charge in [-0.05, 0) is 72.8 Å². The van der Waals surface area contributed by atoms with Crippen LogP contribution in [-0.2, 0) is 36.8 Å². The third-order valence-corrected chi connectivity index (χ3v) is 8.40. The zero-order chi connectivity index (χ0) is 27.9. The highest BCUT2D eigenvalue weighted by Gasteiger charge is 2.58. The number of methoxy groups -OCH3 is 2. The lowest BCUT2D eigenvalue weighted by atomic mass is 9.77. The lowest BCUT2D eigenvalue weighted by Crippen LogP contribution is -2.47. The van der Waals surface area contributed by atoms with E-state index in [0.717, 1.165) is 49.0 Å². The minimum atomic E-state index is -1.68. The average Bonchev–Trinajstić information content (AvgIpc) is 3.65. The monoisotopic (exact) mass is 551 g/mol. The number of aliphatic hydroxyl groups excluding tert-OH is 1. The van der Waals surface area contributed by atoms with Gasteiger partial charge in [0.25, 0.3) is 0 Å². The van der Waals surface area contributed by atoms with Crippen LogP contribution in [0.4, 0.5) is 0 Å². The van der Waals surface area contributed by atoms with Gasteiger partial charge >= 0.3 is 11.9 Å². The Bertz CT molecular complexity index is 1320. The Hall–Kier alpha value is -3.76. The Kier molecular flexibility index (Phi) is 7.06. The van der Waals surface area contributed by atoms with E-state index >= 15 is 0 Å². The molecular weight excluding hydrogens is 518 g/mol. The maximum absolute atomic E-state index is 13.2. The Morgan fingerprint density at radius 2 is 1.88 bits per heavy atom. The second kappa shape index (κ2) is 10.7. The molecule has 1 fully saturated rings. The molecule has 212 valence electrons. The molecular formula is C30H33NO9. The van der Waals surface area contributed by atoms with Crippen LogP contribution in [0.15, 0.2) is 48.2 Å². The summed E-state index contributed by atoms with van der Waals surface area (Å²) in [4.78, 5) is 28.0. The molecule has 1 aliphatic carbocycles. The van der Waals surface area contributed by atoms with Gasteiger partial charge in [-0.25, -0.2) is 4.79 Å². The highest BCUT2D eigenvalue weighted by Crippen LogP contribution is 2.55. The van der Waals surface area contributed by atoms with Crippen LogP contribution in [0.5, 0.6) is 17.2 Å². The van der Waals surface area contributed by atoms with Crippen molar-refractivity contribution < 1.29 is 43.1 Å². The molecule has 0 saturated carbocycles. The summed E-state index contributed by atoms with van der Waals surface area (Å²) >= 11 is 0. The van der Waals surface area contributed by atoms with Gasteiger partial charge in [-0.3, -0.25) is 9.69 Å². The van der Waals surface area contributed by atoms with Crippen molar-refractivity contribution in [1.82, 2.24) is 4.90 Å². The van der Waals surface area contributed by atoms with E-state index in [1.807, 2.05) is 12.1 Å². The van der Waals surface area contributed by atoms with E-state index < -0.39 is 36.1 Å². The molecule has 10 heteroatoms. The van der Waals surface area contributed by atoms with Crippen LogP contribution in [0.1, 0.15) is 41.9 Å². The Labute approximate surface area is 232 Å². The molecule has 3 heterocycles. The zero-order valence-electron chi connectivity index (χ0n) is 22.6. The van der Waals surface area contributed by atoms with Gasteiger partial charge in [0.05, 0.1) is 32.1 Å². The van der Waals surface area contributed by atoms with Gasteiger partial charge in [-0.15, -0.1) is 0 Å². The molecule has 2 aromatic carbocycles. The van der Waals surface area contributed by atoms with Gasteiger partial charge in [-0.1, -0.05) is 12.1 Å². The van der Waals surface area contributed by atoms with E-state index in [4.69, 9.17) is 28.4 Å². The lowest BCUT2D eigenvalue weighted by molar-refractivity contribution is -0.165. The number of carbonyl (C=O) groups is 2. The number of rotatable bonds is 8. The molecule has 0 radical (unpaired) electrons. The van der Waals surface area contributed by atoms with E-state index in [1.54, 1.807) is 38.5 Å². The maximum Gasteiger partial charge on any atom is 0.336 e. The predicted molar refractivity (Wildman–Crippen MR) is 141 cm³/mol. The minimum Gasteiger partial charge on any atom is -0.497 e.